The molecule has 1 aromatic carbocycles. The number of fused-ring (bicyclic) bond motifs is 1. The highest BCUT2D eigenvalue weighted by Gasteiger charge is 2.32. The number of hydrogen-bond donors (Lipinski definition) is 1. The molecule has 3 rings (SSSR count). The topological polar surface area (TPSA) is 71.6 Å². The van der Waals surface area contributed by atoms with E-state index >= 15 is 0 Å². The Kier molecular flexibility index (Phi) is 4.09. The third-order valence-electron chi connectivity index (χ3n) is 4.54. The number of carbonyl (C=O) groups is 2. The molecule has 1 aromatic heterocycles. The van der Waals surface area contributed by atoms with Crippen LogP contribution in [-0.2, 0) is 16.1 Å². The molecule has 6 nitrogen and oxygen atoms in total. The summed E-state index contributed by atoms with van der Waals surface area (Å²) in [4.78, 5) is 28.1. The van der Waals surface area contributed by atoms with Crippen molar-refractivity contribution in [2.45, 2.75) is 19.5 Å². The first-order chi connectivity index (χ1) is 11.0. The maximum absolute atomic E-state index is 12.8. The Morgan fingerprint density at radius 3 is 2.74 bits per heavy atom. The van der Waals surface area contributed by atoms with Gasteiger partial charge in [0, 0.05) is 30.8 Å². The van der Waals surface area contributed by atoms with Crippen LogP contribution in [0.2, 0.25) is 0 Å². The number of para-hydroxylation sites is 1. The number of amides is 2. The van der Waals surface area contributed by atoms with Gasteiger partial charge in [0.1, 0.15) is 12.6 Å². The van der Waals surface area contributed by atoms with Gasteiger partial charge in [-0.05, 0) is 31.5 Å². The lowest BCUT2D eigenvalue weighted by atomic mass is 10.1. The molecule has 1 saturated heterocycles. The van der Waals surface area contributed by atoms with Gasteiger partial charge in [-0.25, -0.2) is 0 Å². The summed E-state index contributed by atoms with van der Waals surface area (Å²) >= 11 is 0. The van der Waals surface area contributed by atoms with E-state index in [9.17, 15) is 9.59 Å². The van der Waals surface area contributed by atoms with Gasteiger partial charge in [-0.1, -0.05) is 18.2 Å². The summed E-state index contributed by atoms with van der Waals surface area (Å²) in [5.41, 5.74) is 7.55. The van der Waals surface area contributed by atoms with Crippen LogP contribution < -0.4 is 5.73 Å². The van der Waals surface area contributed by atoms with Crippen LogP contribution in [0.1, 0.15) is 5.69 Å². The Balaban J connectivity index is 1.85. The molecule has 1 fully saturated rings. The van der Waals surface area contributed by atoms with Crippen LogP contribution in [0.15, 0.2) is 30.3 Å². The van der Waals surface area contributed by atoms with Crippen LogP contribution >= 0.6 is 0 Å². The van der Waals surface area contributed by atoms with Gasteiger partial charge in [0.05, 0.1) is 0 Å². The summed E-state index contributed by atoms with van der Waals surface area (Å²) in [5, 5.41) is 1.11. The Bertz CT molecular complexity index is 752. The summed E-state index contributed by atoms with van der Waals surface area (Å²) in [6.45, 7) is 3.99. The van der Waals surface area contributed by atoms with Crippen molar-refractivity contribution in [2.24, 2.45) is 5.73 Å². The summed E-state index contributed by atoms with van der Waals surface area (Å²) in [7, 11) is 1.93. The number of carbonyl (C=O) groups excluding carboxylic acids is 2. The molecular weight excluding hydrogens is 292 g/mol. The molecule has 23 heavy (non-hydrogen) atoms. The number of benzene rings is 1. The zero-order chi connectivity index (χ0) is 16.6. The van der Waals surface area contributed by atoms with E-state index in [1.165, 1.54) is 0 Å². The number of hydrogen-bond acceptors (Lipinski definition) is 3. The number of likely N-dealkylation sites (N-methyl/N-ethyl adjacent to an activating group) is 1. The Hall–Kier alpha value is -2.34. The molecule has 122 valence electrons. The monoisotopic (exact) mass is 314 g/mol. The number of nitrogens with two attached hydrogens (primary N) is 1. The van der Waals surface area contributed by atoms with Gasteiger partial charge in [0.15, 0.2) is 0 Å². The van der Waals surface area contributed by atoms with E-state index in [4.69, 9.17) is 5.73 Å². The molecule has 2 aromatic rings. The van der Waals surface area contributed by atoms with Gasteiger partial charge < -0.3 is 20.1 Å². The highest BCUT2D eigenvalue weighted by molar-refractivity contribution is 5.88. The molecule has 1 unspecified atom stereocenters. The van der Waals surface area contributed by atoms with Gasteiger partial charge in [-0.2, -0.15) is 0 Å². The minimum Gasteiger partial charge on any atom is -0.368 e. The smallest absolute Gasteiger partial charge is 0.243 e. The van der Waals surface area contributed by atoms with Crippen LogP contribution in [-0.4, -0.2) is 58.9 Å². The summed E-state index contributed by atoms with van der Waals surface area (Å²) in [6, 6.07) is 9.50. The van der Waals surface area contributed by atoms with E-state index in [1.54, 1.807) is 4.90 Å². The zero-order valence-corrected chi connectivity index (χ0v) is 13.5. The minimum absolute atomic E-state index is 0.0636. The fraction of sp³-hybridized carbons (Fsp3) is 0.412. The molecule has 0 spiro atoms. The van der Waals surface area contributed by atoms with Gasteiger partial charge >= 0.3 is 0 Å². The van der Waals surface area contributed by atoms with Crippen molar-refractivity contribution in [3.05, 3.63) is 36.0 Å². The van der Waals surface area contributed by atoms with Crippen molar-refractivity contribution in [1.82, 2.24) is 14.4 Å². The molecule has 0 bridgehead atoms. The fourth-order valence-electron chi connectivity index (χ4n) is 3.25. The van der Waals surface area contributed by atoms with E-state index in [2.05, 4.69) is 6.07 Å². The predicted octanol–water partition coefficient (Wildman–Crippen LogP) is 0.578. The Morgan fingerprint density at radius 2 is 2.00 bits per heavy atom. The zero-order valence-electron chi connectivity index (χ0n) is 13.5. The normalized spacial score (nSPS) is 19.2. The van der Waals surface area contributed by atoms with Crippen molar-refractivity contribution in [2.75, 3.05) is 26.7 Å². The van der Waals surface area contributed by atoms with Gasteiger partial charge in [-0.3, -0.25) is 9.59 Å². The molecule has 1 aliphatic heterocycles. The predicted molar refractivity (Wildman–Crippen MR) is 88.9 cm³/mol. The molecule has 2 N–H and O–H groups in total. The lowest BCUT2D eigenvalue weighted by Gasteiger charge is -2.38. The van der Waals surface area contributed by atoms with Crippen molar-refractivity contribution in [1.29, 1.82) is 0 Å². The van der Waals surface area contributed by atoms with Crippen LogP contribution in [0.4, 0.5) is 0 Å². The third kappa shape index (κ3) is 2.94. The molecule has 0 aliphatic carbocycles. The van der Waals surface area contributed by atoms with Gasteiger partial charge in [0.25, 0.3) is 0 Å². The standard InChI is InChI=1S/C17H22N4O2/c1-12-9-13-5-3-4-6-14(13)21(12)11-16(22)20-8-7-19(2)10-15(20)17(18)23/h3-6,9,15H,7-8,10-11H2,1-2H3,(H2,18,23). The second-order valence-corrected chi connectivity index (χ2v) is 6.20. The lowest BCUT2D eigenvalue weighted by molar-refractivity contribution is -0.142. The maximum atomic E-state index is 12.8. The average molecular weight is 314 g/mol. The van der Waals surface area contributed by atoms with E-state index in [-0.39, 0.29) is 12.5 Å². The highest BCUT2D eigenvalue weighted by atomic mass is 16.2. The molecule has 1 aliphatic rings. The van der Waals surface area contributed by atoms with Crippen LogP contribution in [0.25, 0.3) is 10.9 Å². The second-order valence-electron chi connectivity index (χ2n) is 6.20. The molecule has 2 amide bonds. The van der Waals surface area contributed by atoms with Crippen molar-refractivity contribution >= 4 is 22.7 Å². The van der Waals surface area contributed by atoms with Crippen molar-refractivity contribution < 1.29 is 9.59 Å². The number of primary amides is 1. The second kappa shape index (κ2) is 6.04. The van der Waals surface area contributed by atoms with Gasteiger partial charge in [-0.15, -0.1) is 0 Å². The van der Waals surface area contributed by atoms with Crippen LogP contribution in [0.5, 0.6) is 0 Å². The van der Waals surface area contributed by atoms with Gasteiger partial charge in [0.2, 0.25) is 11.8 Å². The van der Waals surface area contributed by atoms with Crippen LogP contribution in [0, 0.1) is 6.92 Å². The molecule has 0 radical (unpaired) electrons. The molecule has 6 heteroatoms. The van der Waals surface area contributed by atoms with E-state index in [0.29, 0.717) is 13.1 Å². The summed E-state index contributed by atoms with van der Waals surface area (Å²) in [6.07, 6.45) is 0. The Morgan fingerprint density at radius 1 is 1.26 bits per heavy atom. The molecular formula is C17H22N4O2. The van der Waals surface area contributed by atoms with E-state index in [0.717, 1.165) is 23.1 Å². The first kappa shape index (κ1) is 15.6. The first-order valence-corrected chi connectivity index (χ1v) is 7.79. The lowest BCUT2D eigenvalue weighted by Crippen LogP contribution is -2.59. The number of aromatic nitrogens is 1. The maximum Gasteiger partial charge on any atom is 0.243 e. The number of aryl methyl sites for hydroxylation is 1. The highest BCUT2D eigenvalue weighted by Crippen LogP contribution is 2.20. The summed E-state index contributed by atoms with van der Waals surface area (Å²) in [5.74, 6) is -0.509. The quantitative estimate of drug-likeness (QED) is 0.901. The van der Waals surface area contributed by atoms with Crippen LogP contribution in [0.3, 0.4) is 0 Å². The minimum atomic E-state index is -0.552. The number of rotatable bonds is 3. The largest absolute Gasteiger partial charge is 0.368 e. The Labute approximate surface area is 135 Å². The third-order valence-corrected chi connectivity index (χ3v) is 4.54. The molecule has 0 saturated carbocycles. The molecule has 1 atom stereocenters. The average Bonchev–Trinajstić information content (AvgIpc) is 2.83. The SMILES string of the molecule is Cc1cc2ccccc2n1CC(=O)N1CCN(C)CC1C(N)=O. The first-order valence-electron chi connectivity index (χ1n) is 7.79. The van der Waals surface area contributed by atoms with E-state index < -0.39 is 11.9 Å². The number of piperazine rings is 1. The van der Waals surface area contributed by atoms with Crippen molar-refractivity contribution in [3.8, 4) is 0 Å². The summed E-state index contributed by atoms with van der Waals surface area (Å²) < 4.78 is 1.99. The van der Waals surface area contributed by atoms with E-state index in [1.807, 2.05) is 47.7 Å². The molecule has 2 heterocycles. The van der Waals surface area contributed by atoms with Crippen molar-refractivity contribution in [3.63, 3.8) is 0 Å². The fourth-order valence-corrected chi connectivity index (χ4v) is 3.25. The number of nitrogens with zero attached hydrogens (tertiary/aromatic N) is 3.